The van der Waals surface area contributed by atoms with Gasteiger partial charge in [0.25, 0.3) is 0 Å². The van der Waals surface area contributed by atoms with Crippen LogP contribution in [0.15, 0.2) is 23.4 Å². The molecule has 0 radical (unpaired) electrons. The number of rotatable bonds is 4. The molecule has 0 aliphatic carbocycles. The fourth-order valence-electron chi connectivity index (χ4n) is 0.901. The average molecular weight is 216 g/mol. The van der Waals surface area contributed by atoms with Crippen molar-refractivity contribution in [1.82, 2.24) is 10.5 Å². The molecule has 1 heterocycles. The normalized spacial score (nSPS) is 11.6. The Kier molecular flexibility index (Phi) is 3.56. The van der Waals surface area contributed by atoms with E-state index in [0.29, 0.717) is 5.56 Å². The quantitative estimate of drug-likeness (QED) is 0.725. The van der Waals surface area contributed by atoms with Gasteiger partial charge in [0.2, 0.25) is 0 Å². The molecule has 1 aromatic heterocycles. The highest BCUT2D eigenvalue weighted by Crippen LogP contribution is 2.09. The number of pyridine rings is 1. The summed E-state index contributed by atoms with van der Waals surface area (Å²) in [5, 5.41) is 0. The molecule has 1 aromatic rings. The summed E-state index contributed by atoms with van der Waals surface area (Å²) in [6.45, 7) is 0.285. The van der Waals surface area contributed by atoms with Crippen LogP contribution in [0, 0.1) is 0 Å². The van der Waals surface area contributed by atoms with E-state index in [9.17, 15) is 8.42 Å². The molecular weight excluding hydrogens is 204 g/mol. The van der Waals surface area contributed by atoms with E-state index in [0.717, 1.165) is 6.26 Å². The lowest BCUT2D eigenvalue weighted by Crippen LogP contribution is -2.07. The van der Waals surface area contributed by atoms with Gasteiger partial charge in [0.05, 0.1) is 11.5 Å². The molecule has 1 N–H and O–H groups in total. The predicted octanol–water partition coefficient (Wildman–Crippen LogP) is 0.136. The Labute approximate surface area is 83.0 Å². The van der Waals surface area contributed by atoms with Gasteiger partial charge < -0.3 is 0 Å². The van der Waals surface area contributed by atoms with Crippen LogP contribution >= 0.6 is 0 Å². The Bertz CT molecular complexity index is 403. The van der Waals surface area contributed by atoms with Crippen LogP contribution in [0.4, 0.5) is 0 Å². The number of nitrogens with one attached hydrogen (secondary N) is 1. The summed E-state index contributed by atoms with van der Waals surface area (Å²) in [7, 11) is -1.56. The lowest BCUT2D eigenvalue weighted by Gasteiger charge is -2.03. The zero-order valence-electron chi connectivity index (χ0n) is 8.02. The van der Waals surface area contributed by atoms with Gasteiger partial charge in [0.15, 0.2) is 9.84 Å². The Morgan fingerprint density at radius 3 is 2.79 bits per heavy atom. The summed E-state index contributed by atoms with van der Waals surface area (Å²) in [4.78, 5) is 8.92. The predicted molar refractivity (Wildman–Crippen MR) is 51.2 cm³/mol. The molecule has 14 heavy (non-hydrogen) atoms. The highest BCUT2D eigenvalue weighted by Gasteiger charge is 2.07. The van der Waals surface area contributed by atoms with Crippen molar-refractivity contribution in [2.24, 2.45) is 0 Å². The highest BCUT2D eigenvalue weighted by atomic mass is 32.2. The SMILES string of the molecule is CNOCc1cncc(S(C)(=O)=O)c1. The second kappa shape index (κ2) is 4.50. The minimum atomic E-state index is -3.19. The molecular formula is C8H12N2O3S. The van der Waals surface area contributed by atoms with Crippen LogP contribution in [0.2, 0.25) is 0 Å². The van der Waals surface area contributed by atoms with E-state index in [1.54, 1.807) is 19.3 Å². The first-order chi connectivity index (χ1) is 6.54. The van der Waals surface area contributed by atoms with Gasteiger partial charge in [-0.25, -0.2) is 13.9 Å². The second-order valence-corrected chi connectivity index (χ2v) is 4.81. The van der Waals surface area contributed by atoms with Crippen molar-refractivity contribution in [3.8, 4) is 0 Å². The monoisotopic (exact) mass is 216 g/mol. The van der Waals surface area contributed by atoms with Crippen LogP contribution in [-0.2, 0) is 21.3 Å². The minimum Gasteiger partial charge on any atom is -0.297 e. The lowest BCUT2D eigenvalue weighted by molar-refractivity contribution is 0.0442. The van der Waals surface area contributed by atoms with Crippen LogP contribution in [0.1, 0.15) is 5.56 Å². The van der Waals surface area contributed by atoms with Crippen molar-refractivity contribution in [1.29, 1.82) is 0 Å². The van der Waals surface area contributed by atoms with E-state index in [-0.39, 0.29) is 11.5 Å². The molecule has 0 bridgehead atoms. The smallest absolute Gasteiger partial charge is 0.177 e. The van der Waals surface area contributed by atoms with E-state index in [4.69, 9.17) is 4.84 Å². The van der Waals surface area contributed by atoms with E-state index in [1.807, 2.05) is 0 Å². The second-order valence-electron chi connectivity index (χ2n) is 2.79. The average Bonchev–Trinajstić information content (AvgIpc) is 2.14. The maximum Gasteiger partial charge on any atom is 0.177 e. The van der Waals surface area contributed by atoms with Crippen LogP contribution in [-0.4, -0.2) is 26.7 Å². The largest absolute Gasteiger partial charge is 0.297 e. The van der Waals surface area contributed by atoms with Gasteiger partial charge in [-0.3, -0.25) is 9.82 Å². The number of sulfone groups is 1. The van der Waals surface area contributed by atoms with E-state index < -0.39 is 9.84 Å². The Hall–Kier alpha value is -0.980. The summed E-state index contributed by atoms with van der Waals surface area (Å²) >= 11 is 0. The third-order valence-corrected chi connectivity index (χ3v) is 2.66. The van der Waals surface area contributed by atoms with E-state index in [2.05, 4.69) is 10.5 Å². The van der Waals surface area contributed by atoms with Crippen molar-refractivity contribution in [2.45, 2.75) is 11.5 Å². The molecule has 6 heteroatoms. The van der Waals surface area contributed by atoms with Crippen molar-refractivity contribution in [3.63, 3.8) is 0 Å². The number of hydrogen-bond donors (Lipinski definition) is 1. The molecule has 78 valence electrons. The highest BCUT2D eigenvalue weighted by molar-refractivity contribution is 7.90. The number of aromatic nitrogens is 1. The summed E-state index contributed by atoms with van der Waals surface area (Å²) in [6, 6.07) is 1.54. The van der Waals surface area contributed by atoms with E-state index >= 15 is 0 Å². The summed E-state index contributed by atoms with van der Waals surface area (Å²) in [5.41, 5.74) is 3.21. The Balaban J connectivity index is 2.90. The zero-order chi connectivity index (χ0) is 10.6. The topological polar surface area (TPSA) is 68.3 Å². The summed E-state index contributed by atoms with van der Waals surface area (Å²) < 4.78 is 22.3. The van der Waals surface area contributed by atoms with Gasteiger partial charge in [-0.15, -0.1) is 0 Å². The van der Waals surface area contributed by atoms with Gasteiger partial charge >= 0.3 is 0 Å². The van der Waals surface area contributed by atoms with Gasteiger partial charge in [0.1, 0.15) is 0 Å². The minimum absolute atomic E-state index is 0.203. The fraction of sp³-hybridized carbons (Fsp3) is 0.375. The third kappa shape index (κ3) is 3.06. The van der Waals surface area contributed by atoms with Gasteiger partial charge in [-0.05, 0) is 11.6 Å². The molecule has 0 aromatic carbocycles. The Morgan fingerprint density at radius 1 is 1.50 bits per heavy atom. The van der Waals surface area contributed by atoms with E-state index in [1.165, 1.54) is 6.20 Å². The third-order valence-electron chi connectivity index (χ3n) is 1.58. The molecule has 0 atom stereocenters. The maximum atomic E-state index is 11.2. The molecule has 5 nitrogen and oxygen atoms in total. The molecule has 0 spiro atoms. The van der Waals surface area contributed by atoms with Crippen molar-refractivity contribution < 1.29 is 13.3 Å². The van der Waals surface area contributed by atoms with Gasteiger partial charge in [-0.1, -0.05) is 0 Å². The number of hydrogen-bond acceptors (Lipinski definition) is 5. The molecule has 1 rings (SSSR count). The molecule has 0 aliphatic heterocycles. The van der Waals surface area contributed by atoms with Crippen molar-refractivity contribution >= 4 is 9.84 Å². The summed E-state index contributed by atoms with van der Waals surface area (Å²) in [5.74, 6) is 0. The number of hydroxylamine groups is 1. The first-order valence-corrected chi connectivity index (χ1v) is 5.85. The first kappa shape index (κ1) is 11.1. The standard InChI is InChI=1S/C8H12N2O3S/c1-9-13-6-7-3-8(5-10-4-7)14(2,11)12/h3-5,9H,6H2,1-2H3. The zero-order valence-corrected chi connectivity index (χ0v) is 8.84. The molecule has 0 saturated carbocycles. The fourth-order valence-corrected chi connectivity index (χ4v) is 1.52. The lowest BCUT2D eigenvalue weighted by atomic mass is 10.3. The molecule has 0 unspecified atom stereocenters. The van der Waals surface area contributed by atoms with Crippen molar-refractivity contribution in [2.75, 3.05) is 13.3 Å². The van der Waals surface area contributed by atoms with Crippen molar-refractivity contribution in [3.05, 3.63) is 24.0 Å². The maximum absolute atomic E-state index is 11.2. The van der Waals surface area contributed by atoms with Crippen LogP contribution in [0.25, 0.3) is 0 Å². The van der Waals surface area contributed by atoms with Gasteiger partial charge in [0, 0.05) is 25.7 Å². The molecule has 0 aliphatic rings. The van der Waals surface area contributed by atoms with Crippen LogP contribution in [0.3, 0.4) is 0 Å². The first-order valence-electron chi connectivity index (χ1n) is 3.96. The van der Waals surface area contributed by atoms with Crippen LogP contribution in [0.5, 0.6) is 0 Å². The number of nitrogens with zero attached hydrogens (tertiary/aromatic N) is 1. The molecule has 0 fully saturated rings. The summed E-state index contributed by atoms with van der Waals surface area (Å²) in [6.07, 6.45) is 4.02. The Morgan fingerprint density at radius 2 is 2.21 bits per heavy atom. The molecule has 0 saturated heterocycles. The molecule has 0 amide bonds. The van der Waals surface area contributed by atoms with Crippen LogP contribution < -0.4 is 5.48 Å². The van der Waals surface area contributed by atoms with Gasteiger partial charge in [-0.2, -0.15) is 0 Å².